The van der Waals surface area contributed by atoms with Crippen molar-refractivity contribution in [1.82, 2.24) is 14.8 Å². The van der Waals surface area contributed by atoms with E-state index in [1.54, 1.807) is 11.9 Å². The molecule has 9 heteroatoms. The number of piperazine rings is 1. The van der Waals surface area contributed by atoms with Crippen LogP contribution in [0.4, 0.5) is 5.69 Å². The molecular formula is C24H25BrN4O3Si. The van der Waals surface area contributed by atoms with Gasteiger partial charge in [0.25, 0.3) is 0 Å². The van der Waals surface area contributed by atoms with Crippen LogP contribution in [0.2, 0.25) is 13.1 Å². The van der Waals surface area contributed by atoms with Gasteiger partial charge in [-0.15, -0.1) is 0 Å². The molecule has 6 rings (SSSR count). The van der Waals surface area contributed by atoms with Crippen molar-refractivity contribution >= 4 is 58.0 Å². The van der Waals surface area contributed by atoms with Crippen LogP contribution in [0.25, 0.3) is 10.9 Å². The average Bonchev–Trinajstić information content (AvgIpc) is 3.42. The first-order chi connectivity index (χ1) is 15.7. The van der Waals surface area contributed by atoms with Gasteiger partial charge in [-0.05, 0) is 42.2 Å². The van der Waals surface area contributed by atoms with E-state index >= 15 is 0 Å². The third-order valence-electron chi connectivity index (χ3n) is 7.20. The molecule has 2 aromatic carbocycles. The third-order valence-corrected chi connectivity index (χ3v) is 10.9. The quantitative estimate of drug-likeness (QED) is 0.408. The summed E-state index contributed by atoms with van der Waals surface area (Å²) in [5.74, 6) is -0.166. The van der Waals surface area contributed by atoms with Gasteiger partial charge in [0.1, 0.15) is 16.5 Å². The van der Waals surface area contributed by atoms with E-state index in [4.69, 9.17) is 4.43 Å². The molecule has 2 amide bonds. The predicted molar refractivity (Wildman–Crippen MR) is 133 cm³/mol. The summed E-state index contributed by atoms with van der Waals surface area (Å²) < 4.78 is 6.27. The number of amides is 2. The number of fused-ring (bicyclic) bond motifs is 6. The Labute approximate surface area is 201 Å². The molecule has 0 aliphatic carbocycles. The highest BCUT2D eigenvalue weighted by atomic mass is 79.9. The topological polar surface area (TPSA) is 77.7 Å². The number of nitrogens with one attached hydrogen (secondary N) is 2. The Morgan fingerprint density at radius 1 is 1.12 bits per heavy atom. The number of carbonyl (C=O) groups is 2. The van der Waals surface area contributed by atoms with Crippen molar-refractivity contribution in [1.29, 1.82) is 0 Å². The lowest BCUT2D eigenvalue weighted by Crippen LogP contribution is -2.62. The predicted octanol–water partition coefficient (Wildman–Crippen LogP) is 2.69. The first kappa shape index (κ1) is 20.9. The van der Waals surface area contributed by atoms with Crippen LogP contribution in [0.3, 0.4) is 0 Å². The molecule has 3 aromatic rings. The maximum atomic E-state index is 13.4. The second-order valence-electron chi connectivity index (χ2n) is 9.62. The highest BCUT2D eigenvalue weighted by Crippen LogP contribution is 2.57. The van der Waals surface area contributed by atoms with E-state index in [9.17, 15) is 9.59 Å². The fraction of sp³-hybridized carbons (Fsp3) is 0.333. The summed E-state index contributed by atoms with van der Waals surface area (Å²) in [5.41, 5.74) is 3.03. The van der Waals surface area contributed by atoms with E-state index < -0.39 is 31.0 Å². The molecule has 33 heavy (non-hydrogen) atoms. The number of carbonyl (C=O) groups excluding carboxylic acids is 2. The molecule has 4 heterocycles. The number of aromatic amines is 1. The standard InChI is InChI=1S/C24H25BrN4O3Si/c1-28-13-19(30)29-20(22(28)31)21(24(25)15-9-5-7-11-17(15)27-23(24)29)32-33(2,3)18-12-14-8-4-6-10-16(14)26-18/h4-12,20-21,23,26-27H,13H2,1-3H3/t20-,21+,23+,24+/m0/s1. The lowest BCUT2D eigenvalue weighted by molar-refractivity contribution is -0.155. The molecule has 0 bridgehead atoms. The van der Waals surface area contributed by atoms with Crippen LogP contribution in [0.1, 0.15) is 5.56 Å². The zero-order valence-electron chi connectivity index (χ0n) is 18.6. The first-order valence-electron chi connectivity index (χ1n) is 11.1. The summed E-state index contributed by atoms with van der Waals surface area (Å²) in [6.07, 6.45) is -0.950. The number of rotatable bonds is 3. The fourth-order valence-corrected chi connectivity index (χ4v) is 8.74. The van der Waals surface area contributed by atoms with Gasteiger partial charge in [-0.1, -0.05) is 52.3 Å². The first-order valence-corrected chi connectivity index (χ1v) is 14.8. The Bertz CT molecular complexity index is 1280. The number of nitrogens with zero attached hydrogens (tertiary/aromatic N) is 2. The number of hydrogen-bond donors (Lipinski definition) is 2. The fourth-order valence-electron chi connectivity index (χ4n) is 5.52. The van der Waals surface area contributed by atoms with Crippen molar-refractivity contribution in [2.24, 2.45) is 0 Å². The maximum absolute atomic E-state index is 13.4. The molecule has 7 nitrogen and oxygen atoms in total. The second kappa shape index (κ2) is 6.94. The summed E-state index contributed by atoms with van der Waals surface area (Å²) in [6.45, 7) is 4.35. The highest BCUT2D eigenvalue weighted by Gasteiger charge is 2.68. The monoisotopic (exact) mass is 524 g/mol. The van der Waals surface area contributed by atoms with Gasteiger partial charge in [-0.25, -0.2) is 0 Å². The van der Waals surface area contributed by atoms with Crippen LogP contribution in [0.15, 0.2) is 54.6 Å². The summed E-state index contributed by atoms with van der Waals surface area (Å²) in [4.78, 5) is 33.4. The lowest BCUT2D eigenvalue weighted by atomic mass is 9.92. The maximum Gasteiger partial charge on any atom is 0.248 e. The smallest absolute Gasteiger partial charge is 0.248 e. The van der Waals surface area contributed by atoms with Gasteiger partial charge >= 0.3 is 0 Å². The summed E-state index contributed by atoms with van der Waals surface area (Å²) >= 11 is 4.02. The summed E-state index contributed by atoms with van der Waals surface area (Å²) in [6, 6.07) is 17.6. The molecule has 0 unspecified atom stereocenters. The van der Waals surface area contributed by atoms with E-state index in [0.717, 1.165) is 27.5 Å². The minimum absolute atomic E-state index is 0.0719. The molecule has 3 aliphatic heterocycles. The van der Waals surface area contributed by atoms with Crippen molar-refractivity contribution in [3.05, 3.63) is 60.2 Å². The zero-order chi connectivity index (χ0) is 23.1. The van der Waals surface area contributed by atoms with Gasteiger partial charge in [0.15, 0.2) is 0 Å². The molecule has 2 saturated heterocycles. The molecule has 4 atom stereocenters. The zero-order valence-corrected chi connectivity index (χ0v) is 21.2. The van der Waals surface area contributed by atoms with Gasteiger partial charge in [-0.2, -0.15) is 0 Å². The molecule has 0 radical (unpaired) electrons. The molecule has 2 N–H and O–H groups in total. The van der Waals surface area contributed by atoms with Gasteiger partial charge < -0.3 is 24.5 Å². The summed E-state index contributed by atoms with van der Waals surface area (Å²) in [5, 5.41) is 5.68. The number of halogens is 1. The molecule has 0 spiro atoms. The minimum atomic E-state index is -2.53. The van der Waals surface area contributed by atoms with Crippen LogP contribution in [-0.4, -0.2) is 66.8 Å². The Kier molecular flexibility index (Phi) is 4.41. The Morgan fingerprint density at radius 3 is 2.64 bits per heavy atom. The van der Waals surface area contributed by atoms with Crippen LogP contribution in [0, 0.1) is 0 Å². The largest absolute Gasteiger partial charge is 0.404 e. The van der Waals surface area contributed by atoms with Crippen LogP contribution in [0.5, 0.6) is 0 Å². The third kappa shape index (κ3) is 2.82. The van der Waals surface area contributed by atoms with E-state index in [0.29, 0.717) is 0 Å². The molecule has 3 aliphatic rings. The van der Waals surface area contributed by atoms with Crippen molar-refractivity contribution in [3.8, 4) is 0 Å². The number of alkyl halides is 1. The van der Waals surface area contributed by atoms with E-state index in [1.807, 2.05) is 36.4 Å². The lowest BCUT2D eigenvalue weighted by Gasteiger charge is -2.39. The number of likely N-dealkylation sites (N-methyl/N-ethyl adjacent to an activating group) is 1. The average molecular weight is 525 g/mol. The van der Waals surface area contributed by atoms with Gasteiger partial charge in [-0.3, -0.25) is 9.59 Å². The van der Waals surface area contributed by atoms with E-state index in [-0.39, 0.29) is 18.4 Å². The van der Waals surface area contributed by atoms with Crippen LogP contribution < -0.4 is 10.6 Å². The molecular weight excluding hydrogens is 500 g/mol. The molecule has 2 fully saturated rings. The molecule has 170 valence electrons. The van der Waals surface area contributed by atoms with Gasteiger partial charge in [0.05, 0.1) is 12.6 Å². The number of benzene rings is 2. The van der Waals surface area contributed by atoms with Gasteiger partial charge in [0, 0.05) is 23.6 Å². The van der Waals surface area contributed by atoms with Crippen LogP contribution in [-0.2, 0) is 18.3 Å². The Morgan fingerprint density at radius 2 is 1.85 bits per heavy atom. The Balaban J connectivity index is 1.48. The number of hydrogen-bond acceptors (Lipinski definition) is 4. The molecule has 0 saturated carbocycles. The number of aromatic nitrogens is 1. The van der Waals surface area contributed by atoms with Crippen molar-refractivity contribution < 1.29 is 14.0 Å². The second-order valence-corrected chi connectivity index (χ2v) is 14.7. The van der Waals surface area contributed by atoms with Gasteiger partial charge in [0.2, 0.25) is 20.1 Å². The van der Waals surface area contributed by atoms with Crippen LogP contribution >= 0.6 is 15.9 Å². The van der Waals surface area contributed by atoms with E-state index in [1.165, 1.54) is 4.90 Å². The highest BCUT2D eigenvalue weighted by molar-refractivity contribution is 9.09. The number of anilines is 1. The van der Waals surface area contributed by atoms with E-state index in [2.05, 4.69) is 57.5 Å². The number of H-pyrrole nitrogens is 1. The van der Waals surface area contributed by atoms with Crippen molar-refractivity contribution in [2.75, 3.05) is 18.9 Å². The van der Waals surface area contributed by atoms with Crippen molar-refractivity contribution in [2.45, 2.75) is 35.7 Å². The molecule has 1 aromatic heterocycles. The normalized spacial score (nSPS) is 28.7. The SMILES string of the molecule is CN1CC(=O)N2[C@H](C1=O)[C@@H](O[Si](C)(C)c1cc3ccccc3[nH]1)[C@]1(Br)c3ccccc3N[C@H]21. The van der Waals surface area contributed by atoms with Crippen molar-refractivity contribution in [3.63, 3.8) is 0 Å². The Hall–Kier alpha value is -2.62. The number of para-hydroxylation sites is 2. The minimum Gasteiger partial charge on any atom is -0.404 e. The summed E-state index contributed by atoms with van der Waals surface area (Å²) in [7, 11) is -0.842.